The van der Waals surface area contributed by atoms with E-state index < -0.39 is 5.91 Å². The molecule has 1 aromatic carbocycles. The Morgan fingerprint density at radius 1 is 1.30 bits per heavy atom. The zero-order valence-corrected chi connectivity index (χ0v) is 13.1. The molecule has 0 aliphatic heterocycles. The Bertz CT molecular complexity index is 483. The molecular weight excluding hydrogens is 325 g/mol. The van der Waals surface area contributed by atoms with Crippen LogP contribution in [0.15, 0.2) is 18.2 Å². The number of carbonyl (C=O) groups excluding carboxylic acids is 2. The van der Waals surface area contributed by atoms with Crippen LogP contribution in [0.5, 0.6) is 0 Å². The molecular formula is C12H16Cl3N3O2. The van der Waals surface area contributed by atoms with Gasteiger partial charge in [0.05, 0.1) is 16.6 Å². The number of nitrogens with two attached hydrogens (primary N) is 1. The lowest BCUT2D eigenvalue weighted by Gasteiger charge is -2.11. The van der Waals surface area contributed by atoms with Gasteiger partial charge in [-0.05, 0) is 25.1 Å². The first kappa shape index (κ1) is 19.0. The molecule has 2 amide bonds. The third-order valence-corrected chi connectivity index (χ3v) is 3.09. The smallest absolute Gasteiger partial charge is 0.251 e. The molecule has 0 aromatic heterocycles. The number of hydrogen-bond donors (Lipinski definition) is 3. The molecule has 5 nitrogen and oxygen atoms in total. The van der Waals surface area contributed by atoms with Crippen molar-refractivity contribution < 1.29 is 9.59 Å². The molecule has 20 heavy (non-hydrogen) atoms. The number of carbonyl (C=O) groups is 2. The number of amides is 2. The maximum Gasteiger partial charge on any atom is 0.251 e. The van der Waals surface area contributed by atoms with E-state index >= 15 is 0 Å². The van der Waals surface area contributed by atoms with Gasteiger partial charge in [-0.3, -0.25) is 9.59 Å². The molecule has 0 spiro atoms. The van der Waals surface area contributed by atoms with E-state index in [0.29, 0.717) is 17.1 Å². The molecule has 0 aliphatic rings. The fourth-order valence-electron chi connectivity index (χ4n) is 1.28. The van der Waals surface area contributed by atoms with Gasteiger partial charge in [0.25, 0.3) is 5.91 Å². The van der Waals surface area contributed by atoms with Gasteiger partial charge in [0.15, 0.2) is 0 Å². The van der Waals surface area contributed by atoms with E-state index in [1.54, 1.807) is 6.92 Å². The third kappa shape index (κ3) is 5.96. The van der Waals surface area contributed by atoms with Gasteiger partial charge in [-0.15, -0.1) is 12.4 Å². The van der Waals surface area contributed by atoms with Crippen LogP contribution < -0.4 is 16.4 Å². The summed E-state index contributed by atoms with van der Waals surface area (Å²) in [4.78, 5) is 23.2. The predicted molar refractivity (Wildman–Crippen MR) is 82.7 cm³/mol. The maximum atomic E-state index is 11.8. The van der Waals surface area contributed by atoms with E-state index in [1.807, 2.05) is 0 Å². The van der Waals surface area contributed by atoms with Crippen molar-refractivity contribution in [2.45, 2.75) is 13.0 Å². The Morgan fingerprint density at radius 2 is 1.95 bits per heavy atom. The molecule has 0 bridgehead atoms. The van der Waals surface area contributed by atoms with Gasteiger partial charge in [-0.1, -0.05) is 23.2 Å². The number of nitrogens with one attached hydrogen (secondary N) is 2. The van der Waals surface area contributed by atoms with Crippen molar-refractivity contribution in [3.8, 4) is 0 Å². The Hall–Kier alpha value is -1.01. The minimum Gasteiger partial charge on any atom is -0.351 e. The number of hydrogen-bond acceptors (Lipinski definition) is 3. The largest absolute Gasteiger partial charge is 0.351 e. The zero-order chi connectivity index (χ0) is 14.4. The van der Waals surface area contributed by atoms with Gasteiger partial charge >= 0.3 is 0 Å². The highest BCUT2D eigenvalue weighted by Crippen LogP contribution is 2.22. The van der Waals surface area contributed by atoms with E-state index in [1.165, 1.54) is 18.2 Å². The first-order chi connectivity index (χ1) is 8.93. The average molecular weight is 341 g/mol. The standard InChI is InChI=1S/C12H15Cl2N3O2.ClH/c1-7(5-15)17-11(18)6-16-12(19)8-2-3-9(13)10(14)4-8;/h2-4,7H,5-6,15H2,1H3,(H,16,19)(H,17,18);1H/t7-;/m0./s1. The van der Waals surface area contributed by atoms with Gasteiger partial charge in [0, 0.05) is 18.2 Å². The summed E-state index contributed by atoms with van der Waals surface area (Å²) in [5.41, 5.74) is 5.71. The monoisotopic (exact) mass is 339 g/mol. The number of halogens is 3. The molecule has 8 heteroatoms. The van der Waals surface area contributed by atoms with Crippen LogP contribution in [-0.4, -0.2) is 30.9 Å². The minimum atomic E-state index is -0.394. The summed E-state index contributed by atoms with van der Waals surface area (Å²) in [5.74, 6) is -0.694. The van der Waals surface area contributed by atoms with Crippen LogP contribution in [0, 0.1) is 0 Å². The zero-order valence-electron chi connectivity index (χ0n) is 10.8. The van der Waals surface area contributed by atoms with Crippen LogP contribution in [0.25, 0.3) is 0 Å². The Labute approximate surface area is 133 Å². The minimum absolute atomic E-state index is 0. The Kier molecular flexibility index (Phi) is 8.57. The summed E-state index contributed by atoms with van der Waals surface area (Å²) >= 11 is 11.5. The van der Waals surface area contributed by atoms with E-state index in [2.05, 4.69) is 10.6 Å². The van der Waals surface area contributed by atoms with E-state index in [0.717, 1.165) is 0 Å². The topological polar surface area (TPSA) is 84.2 Å². The normalized spacial score (nSPS) is 11.2. The molecule has 0 radical (unpaired) electrons. The molecule has 0 unspecified atom stereocenters. The maximum absolute atomic E-state index is 11.8. The van der Waals surface area contributed by atoms with Gasteiger partial charge < -0.3 is 16.4 Å². The highest BCUT2D eigenvalue weighted by atomic mass is 35.5. The number of rotatable bonds is 5. The second-order valence-electron chi connectivity index (χ2n) is 4.02. The van der Waals surface area contributed by atoms with Crippen molar-refractivity contribution in [3.05, 3.63) is 33.8 Å². The van der Waals surface area contributed by atoms with E-state index in [-0.39, 0.29) is 35.9 Å². The van der Waals surface area contributed by atoms with Gasteiger partial charge in [-0.25, -0.2) is 0 Å². The molecule has 112 valence electrons. The molecule has 0 fully saturated rings. The number of benzene rings is 1. The molecule has 0 aliphatic carbocycles. The van der Waals surface area contributed by atoms with Crippen molar-refractivity contribution in [2.75, 3.05) is 13.1 Å². The van der Waals surface area contributed by atoms with Crippen LogP contribution in [0.3, 0.4) is 0 Å². The van der Waals surface area contributed by atoms with Gasteiger partial charge in [-0.2, -0.15) is 0 Å². The molecule has 1 atom stereocenters. The molecule has 0 saturated carbocycles. The fourth-order valence-corrected chi connectivity index (χ4v) is 1.58. The molecule has 4 N–H and O–H groups in total. The third-order valence-electron chi connectivity index (χ3n) is 2.35. The lowest BCUT2D eigenvalue weighted by atomic mass is 10.2. The highest BCUT2D eigenvalue weighted by molar-refractivity contribution is 6.42. The predicted octanol–water partition coefficient (Wildman–Crippen LogP) is 1.61. The summed E-state index contributed by atoms with van der Waals surface area (Å²) in [6.07, 6.45) is 0. The summed E-state index contributed by atoms with van der Waals surface area (Å²) in [6.45, 7) is 1.99. The molecule has 0 saturated heterocycles. The van der Waals surface area contributed by atoms with Crippen LogP contribution >= 0.6 is 35.6 Å². The van der Waals surface area contributed by atoms with Crippen LogP contribution in [0.2, 0.25) is 10.0 Å². The van der Waals surface area contributed by atoms with E-state index in [9.17, 15) is 9.59 Å². The lowest BCUT2D eigenvalue weighted by Crippen LogP contribution is -2.43. The summed E-state index contributed by atoms with van der Waals surface area (Å²) in [7, 11) is 0. The van der Waals surface area contributed by atoms with Crippen LogP contribution in [-0.2, 0) is 4.79 Å². The lowest BCUT2D eigenvalue weighted by molar-refractivity contribution is -0.120. The quantitative estimate of drug-likeness (QED) is 0.761. The van der Waals surface area contributed by atoms with Crippen molar-refractivity contribution in [3.63, 3.8) is 0 Å². The Morgan fingerprint density at radius 3 is 2.50 bits per heavy atom. The summed E-state index contributed by atoms with van der Waals surface area (Å²) in [6, 6.07) is 4.37. The van der Waals surface area contributed by atoms with Gasteiger partial charge in [0.1, 0.15) is 0 Å². The second-order valence-corrected chi connectivity index (χ2v) is 4.83. The Balaban J connectivity index is 0.00000361. The first-order valence-electron chi connectivity index (χ1n) is 5.66. The van der Waals surface area contributed by atoms with Crippen LogP contribution in [0.4, 0.5) is 0 Å². The van der Waals surface area contributed by atoms with Gasteiger partial charge in [0.2, 0.25) is 5.91 Å². The highest BCUT2D eigenvalue weighted by Gasteiger charge is 2.10. The fraction of sp³-hybridized carbons (Fsp3) is 0.333. The molecule has 1 aromatic rings. The summed E-state index contributed by atoms with van der Waals surface area (Å²) in [5, 5.41) is 5.77. The SMILES string of the molecule is C[C@@H](CN)NC(=O)CNC(=O)c1ccc(Cl)c(Cl)c1.Cl. The van der Waals surface area contributed by atoms with Crippen molar-refractivity contribution in [1.29, 1.82) is 0 Å². The molecule has 0 heterocycles. The van der Waals surface area contributed by atoms with E-state index in [4.69, 9.17) is 28.9 Å². The van der Waals surface area contributed by atoms with Crippen molar-refractivity contribution in [2.24, 2.45) is 5.73 Å². The second kappa shape index (κ2) is 9.02. The summed E-state index contributed by atoms with van der Waals surface area (Å²) < 4.78 is 0. The average Bonchev–Trinajstić information content (AvgIpc) is 2.39. The van der Waals surface area contributed by atoms with Crippen LogP contribution in [0.1, 0.15) is 17.3 Å². The van der Waals surface area contributed by atoms with Crippen molar-refractivity contribution >= 4 is 47.4 Å². The molecule has 1 rings (SSSR count). The first-order valence-corrected chi connectivity index (χ1v) is 6.42. The van der Waals surface area contributed by atoms with Crippen molar-refractivity contribution in [1.82, 2.24) is 10.6 Å².